The fourth-order valence-electron chi connectivity index (χ4n) is 5.46. The summed E-state index contributed by atoms with van der Waals surface area (Å²) < 4.78 is 10.2. The second-order valence-corrected chi connectivity index (χ2v) is 11.3. The van der Waals surface area contributed by atoms with E-state index < -0.39 is 5.97 Å². The van der Waals surface area contributed by atoms with Crippen LogP contribution in [0, 0.1) is 0 Å². The molecular weight excluding hydrogens is 556 g/mol. The number of piperazine rings is 1. The van der Waals surface area contributed by atoms with Gasteiger partial charge in [0.25, 0.3) is 0 Å². The summed E-state index contributed by atoms with van der Waals surface area (Å²) >= 11 is 0. The highest BCUT2D eigenvalue weighted by Crippen LogP contribution is 2.28. The van der Waals surface area contributed by atoms with E-state index in [2.05, 4.69) is 34.5 Å². The summed E-state index contributed by atoms with van der Waals surface area (Å²) in [6, 6.07) is 27.3. The molecule has 0 spiro atoms. The van der Waals surface area contributed by atoms with Gasteiger partial charge in [0.05, 0.1) is 18.8 Å². The van der Waals surface area contributed by atoms with Crippen LogP contribution in [0.25, 0.3) is 0 Å². The minimum absolute atomic E-state index is 0.133. The fraction of sp³-hybridized carbons (Fsp3) is 0.400. The summed E-state index contributed by atoms with van der Waals surface area (Å²) in [6.07, 6.45) is 1.14. The predicted octanol–water partition coefficient (Wildman–Crippen LogP) is 6.08. The zero-order valence-electron chi connectivity index (χ0n) is 26.0. The maximum atomic E-state index is 13.7. The number of nitrogens with one attached hydrogen (secondary N) is 1. The van der Waals surface area contributed by atoms with E-state index in [1.165, 1.54) is 18.2 Å². The van der Waals surface area contributed by atoms with Crippen molar-refractivity contribution in [3.63, 3.8) is 0 Å². The molecule has 1 heterocycles. The Morgan fingerprint density at radius 1 is 0.841 bits per heavy atom. The summed E-state index contributed by atoms with van der Waals surface area (Å²) in [5, 5.41) is 2.99. The van der Waals surface area contributed by atoms with Crippen LogP contribution >= 0.6 is 0 Å². The Hall–Kier alpha value is -4.37. The zero-order valence-corrected chi connectivity index (χ0v) is 26.0. The third-order valence-electron chi connectivity index (χ3n) is 7.78. The number of hydrogen-bond acceptors (Lipinski definition) is 6. The van der Waals surface area contributed by atoms with Crippen LogP contribution in [0.3, 0.4) is 0 Å². The van der Waals surface area contributed by atoms with Crippen LogP contribution in [0.5, 0.6) is 0 Å². The Morgan fingerprint density at radius 2 is 1.48 bits per heavy atom. The van der Waals surface area contributed by atoms with Crippen molar-refractivity contribution in [2.45, 2.75) is 38.7 Å². The number of benzene rings is 3. The number of anilines is 1. The quantitative estimate of drug-likeness (QED) is 0.253. The molecule has 0 aromatic heterocycles. The van der Waals surface area contributed by atoms with Crippen LogP contribution in [-0.4, -0.2) is 91.8 Å². The first-order chi connectivity index (χ1) is 21.3. The highest BCUT2D eigenvalue weighted by atomic mass is 16.6. The zero-order chi connectivity index (χ0) is 31.3. The average molecular weight is 601 g/mol. The first kappa shape index (κ1) is 32.5. The molecule has 9 nitrogen and oxygen atoms in total. The lowest BCUT2D eigenvalue weighted by atomic mass is 9.88. The van der Waals surface area contributed by atoms with Crippen LogP contribution in [0.2, 0.25) is 0 Å². The molecule has 1 aliphatic heterocycles. The Balaban J connectivity index is 1.42. The van der Waals surface area contributed by atoms with E-state index in [0.29, 0.717) is 37.4 Å². The van der Waals surface area contributed by atoms with E-state index in [-0.39, 0.29) is 24.1 Å². The molecule has 1 aliphatic rings. The molecule has 1 saturated heterocycles. The number of nitrogens with zero attached hydrogens (tertiary/aromatic N) is 3. The Morgan fingerprint density at radius 3 is 2.07 bits per heavy atom. The topological polar surface area (TPSA) is 91.4 Å². The number of carbonyl (C=O) groups excluding carboxylic acids is 3. The van der Waals surface area contributed by atoms with Gasteiger partial charge in [-0.25, -0.2) is 14.4 Å². The van der Waals surface area contributed by atoms with Gasteiger partial charge in [0.1, 0.15) is 0 Å². The van der Waals surface area contributed by atoms with Crippen molar-refractivity contribution < 1.29 is 23.9 Å². The molecule has 0 saturated carbocycles. The van der Waals surface area contributed by atoms with Crippen molar-refractivity contribution in [2.75, 3.05) is 58.2 Å². The maximum absolute atomic E-state index is 13.7. The number of rotatable bonds is 12. The van der Waals surface area contributed by atoms with Crippen molar-refractivity contribution in [1.29, 1.82) is 0 Å². The Kier molecular flexibility index (Phi) is 12.2. The predicted molar refractivity (Wildman–Crippen MR) is 172 cm³/mol. The van der Waals surface area contributed by atoms with Crippen molar-refractivity contribution in [3.05, 3.63) is 102 Å². The lowest BCUT2D eigenvalue weighted by Gasteiger charge is -2.35. The molecule has 0 atom stereocenters. The Bertz CT molecular complexity index is 1300. The second-order valence-electron chi connectivity index (χ2n) is 11.3. The number of amides is 3. The van der Waals surface area contributed by atoms with Gasteiger partial charge in [-0.2, -0.15) is 0 Å². The van der Waals surface area contributed by atoms with Gasteiger partial charge in [0, 0.05) is 50.9 Å². The first-order valence-electron chi connectivity index (χ1n) is 15.4. The third-order valence-corrected chi connectivity index (χ3v) is 7.78. The summed E-state index contributed by atoms with van der Waals surface area (Å²) in [5.41, 5.74) is 3.33. The average Bonchev–Trinajstić information content (AvgIpc) is 3.04. The van der Waals surface area contributed by atoms with Crippen LogP contribution in [0.15, 0.2) is 84.9 Å². The van der Waals surface area contributed by atoms with Gasteiger partial charge in [0.15, 0.2) is 0 Å². The normalized spacial score (nSPS) is 13.5. The van der Waals surface area contributed by atoms with Crippen molar-refractivity contribution >= 4 is 23.8 Å². The van der Waals surface area contributed by atoms with Gasteiger partial charge in [0.2, 0.25) is 0 Å². The summed E-state index contributed by atoms with van der Waals surface area (Å²) in [4.78, 5) is 43.9. The lowest BCUT2D eigenvalue weighted by molar-refractivity contribution is 0.0564. The molecule has 234 valence electrons. The molecule has 3 aromatic rings. The molecule has 4 rings (SSSR count). The molecule has 1 N–H and O–H groups in total. The minimum Gasteiger partial charge on any atom is -0.465 e. The molecule has 3 amide bonds. The number of carbonyl (C=O) groups is 3. The van der Waals surface area contributed by atoms with Crippen LogP contribution < -0.4 is 5.32 Å². The molecule has 0 unspecified atom stereocenters. The minimum atomic E-state index is -0.455. The molecule has 44 heavy (non-hydrogen) atoms. The fourth-order valence-corrected chi connectivity index (χ4v) is 5.46. The molecule has 3 aromatic carbocycles. The van der Waals surface area contributed by atoms with E-state index in [4.69, 9.17) is 9.47 Å². The van der Waals surface area contributed by atoms with Crippen molar-refractivity contribution in [2.24, 2.45) is 0 Å². The molecule has 9 heteroatoms. The maximum Gasteiger partial charge on any atom is 0.410 e. The summed E-state index contributed by atoms with van der Waals surface area (Å²) in [7, 11) is 1.34. The highest BCUT2D eigenvalue weighted by Gasteiger charge is 2.24. The van der Waals surface area contributed by atoms with E-state index in [1.807, 2.05) is 55.1 Å². The summed E-state index contributed by atoms with van der Waals surface area (Å²) in [5.74, 6) is -0.321. The van der Waals surface area contributed by atoms with Gasteiger partial charge in [-0.1, -0.05) is 66.7 Å². The molecule has 1 fully saturated rings. The van der Waals surface area contributed by atoms with Crippen molar-refractivity contribution in [3.8, 4) is 0 Å². The van der Waals surface area contributed by atoms with Gasteiger partial charge in [-0.15, -0.1) is 0 Å². The van der Waals surface area contributed by atoms with Crippen LogP contribution in [-0.2, 0) is 9.47 Å². The number of hydrogen-bond donors (Lipinski definition) is 1. The molecule has 0 aliphatic carbocycles. The van der Waals surface area contributed by atoms with E-state index in [1.54, 1.807) is 29.2 Å². The number of ether oxygens (including phenoxy) is 2. The number of esters is 1. The Labute approximate surface area is 260 Å². The molecular formula is C35H44N4O5. The van der Waals surface area contributed by atoms with Crippen molar-refractivity contribution in [1.82, 2.24) is 14.7 Å². The number of urea groups is 1. The summed E-state index contributed by atoms with van der Waals surface area (Å²) in [6.45, 7) is 8.43. The largest absolute Gasteiger partial charge is 0.465 e. The second kappa shape index (κ2) is 16.5. The van der Waals surface area contributed by atoms with Crippen LogP contribution in [0.4, 0.5) is 15.3 Å². The third kappa shape index (κ3) is 9.57. The van der Waals surface area contributed by atoms with Crippen LogP contribution in [0.1, 0.15) is 54.1 Å². The van der Waals surface area contributed by atoms with E-state index >= 15 is 0 Å². The lowest BCUT2D eigenvalue weighted by Crippen LogP contribution is -2.49. The molecule has 0 radical (unpaired) electrons. The molecule has 0 bridgehead atoms. The number of methoxy groups -OCH3 is 1. The standard InChI is InChI=1S/C35H44N4O5/c1-27(2)44-35(42)39-24-22-37(23-25-39)19-11-20-38(34(41)36-31-17-10-16-30(26-31)33(40)43-3)21-18-32(28-12-6-4-7-13-28)29-14-8-5-9-15-29/h4-10,12-17,26-27,32H,11,18-25H2,1-3H3,(H,36,41). The van der Waals surface area contributed by atoms with Gasteiger partial charge in [-0.3, -0.25) is 4.90 Å². The highest BCUT2D eigenvalue weighted by molar-refractivity contribution is 5.93. The van der Waals surface area contributed by atoms with E-state index in [0.717, 1.165) is 32.5 Å². The van der Waals surface area contributed by atoms with Gasteiger partial charge >= 0.3 is 18.1 Å². The van der Waals surface area contributed by atoms with Gasteiger partial charge in [-0.05, 0) is 62.6 Å². The monoisotopic (exact) mass is 600 g/mol. The van der Waals surface area contributed by atoms with Gasteiger partial charge < -0.3 is 24.6 Å². The SMILES string of the molecule is COC(=O)c1cccc(NC(=O)N(CCCN2CCN(C(=O)OC(C)C)CC2)CCC(c2ccccc2)c2ccccc2)c1. The van der Waals surface area contributed by atoms with E-state index in [9.17, 15) is 14.4 Å². The first-order valence-corrected chi connectivity index (χ1v) is 15.4. The smallest absolute Gasteiger partial charge is 0.410 e.